The maximum Gasteiger partial charge on any atom is 0.314 e. The van der Waals surface area contributed by atoms with Crippen LogP contribution in [0.25, 0.3) is 11.6 Å². The second-order valence-electron chi connectivity index (χ2n) is 6.65. The molecule has 2 atom stereocenters. The van der Waals surface area contributed by atoms with Crippen molar-refractivity contribution in [2.45, 2.75) is 26.4 Å². The van der Waals surface area contributed by atoms with Crippen LogP contribution in [-0.4, -0.2) is 56.3 Å². The van der Waals surface area contributed by atoms with Crippen molar-refractivity contribution in [3.63, 3.8) is 0 Å². The summed E-state index contributed by atoms with van der Waals surface area (Å²) < 4.78 is 15.8. The molecule has 1 saturated heterocycles. The van der Waals surface area contributed by atoms with Crippen molar-refractivity contribution in [3.05, 3.63) is 29.3 Å². The van der Waals surface area contributed by atoms with E-state index in [1.54, 1.807) is 14.0 Å². The Hall–Kier alpha value is -2.34. The summed E-state index contributed by atoms with van der Waals surface area (Å²) >= 11 is 0. The van der Waals surface area contributed by atoms with Crippen molar-refractivity contribution in [3.8, 4) is 5.75 Å². The van der Waals surface area contributed by atoms with E-state index in [-0.39, 0.29) is 11.9 Å². The van der Waals surface area contributed by atoms with Gasteiger partial charge in [0.25, 0.3) is 0 Å². The number of likely N-dealkylation sites (tertiary alicyclic amines) is 1. The van der Waals surface area contributed by atoms with Crippen molar-refractivity contribution >= 4 is 23.6 Å². The van der Waals surface area contributed by atoms with Gasteiger partial charge < -0.3 is 14.2 Å². The normalized spacial score (nSPS) is 21.9. The molecule has 140 valence electrons. The Morgan fingerprint density at radius 1 is 1.31 bits per heavy atom. The molecule has 6 heteroatoms. The number of piperidine rings is 1. The molecule has 2 aliphatic rings. The van der Waals surface area contributed by atoms with E-state index in [1.807, 2.05) is 18.2 Å². The van der Waals surface area contributed by atoms with Crippen molar-refractivity contribution < 1.29 is 23.8 Å². The lowest BCUT2D eigenvalue weighted by Crippen LogP contribution is -2.49. The number of nitrogens with zero attached hydrogens (tertiary/aromatic N) is 1. The number of rotatable bonds is 6. The van der Waals surface area contributed by atoms with Gasteiger partial charge in [0.05, 0.1) is 13.7 Å². The van der Waals surface area contributed by atoms with Crippen molar-refractivity contribution in [1.82, 2.24) is 4.90 Å². The molecule has 26 heavy (non-hydrogen) atoms. The van der Waals surface area contributed by atoms with E-state index in [0.717, 1.165) is 18.8 Å². The molecule has 0 bridgehead atoms. The van der Waals surface area contributed by atoms with Gasteiger partial charge in [0.15, 0.2) is 0 Å². The van der Waals surface area contributed by atoms with Gasteiger partial charge in [0.1, 0.15) is 17.8 Å². The van der Waals surface area contributed by atoms with Crippen LogP contribution in [0, 0.1) is 5.92 Å². The zero-order chi connectivity index (χ0) is 18.7. The monoisotopic (exact) mass is 359 g/mol. The molecule has 1 heterocycles. The van der Waals surface area contributed by atoms with Crippen LogP contribution in [0.15, 0.2) is 18.2 Å². The summed E-state index contributed by atoms with van der Waals surface area (Å²) in [7, 11) is 1.66. The lowest BCUT2D eigenvalue weighted by atomic mass is 9.87. The highest BCUT2D eigenvalue weighted by Gasteiger charge is 2.38. The van der Waals surface area contributed by atoms with Gasteiger partial charge in [-0.15, -0.1) is 0 Å². The summed E-state index contributed by atoms with van der Waals surface area (Å²) in [4.78, 5) is 25.9. The fourth-order valence-corrected chi connectivity index (χ4v) is 3.60. The second kappa shape index (κ2) is 7.91. The summed E-state index contributed by atoms with van der Waals surface area (Å²) in [5.41, 5.74) is 3.63. The summed E-state index contributed by atoms with van der Waals surface area (Å²) in [6.45, 7) is 5.52. The third-order valence-electron chi connectivity index (χ3n) is 4.87. The minimum Gasteiger partial charge on any atom is -0.497 e. The molecule has 0 saturated carbocycles. The highest BCUT2D eigenvalue weighted by molar-refractivity contribution is 5.96. The van der Waals surface area contributed by atoms with Gasteiger partial charge in [-0.25, -0.2) is 0 Å². The molecule has 6 nitrogen and oxygen atoms in total. The predicted octanol–water partition coefficient (Wildman–Crippen LogP) is 2.37. The standard InChI is InChI=1S/C20H25NO5/c1-4-25-20(23)18-12-21(8-7-19(18)26-13(2)22)11-15-9-14-5-6-16(24-3)10-17(14)15/h5-6,9-10,18-19H,4,7-8,11-12H2,1-3H3/t18-,19-/m1/s1. The molecule has 0 radical (unpaired) electrons. The van der Waals surface area contributed by atoms with Crippen LogP contribution in [0.3, 0.4) is 0 Å². The van der Waals surface area contributed by atoms with E-state index in [9.17, 15) is 9.59 Å². The molecular weight excluding hydrogens is 334 g/mol. The first-order chi connectivity index (χ1) is 12.5. The molecule has 0 N–H and O–H groups in total. The molecule has 1 fully saturated rings. The van der Waals surface area contributed by atoms with Crippen LogP contribution in [0.2, 0.25) is 0 Å². The number of fused-ring (bicyclic) bond motifs is 1. The molecule has 0 unspecified atom stereocenters. The van der Waals surface area contributed by atoms with E-state index in [1.165, 1.54) is 23.6 Å². The third kappa shape index (κ3) is 3.90. The van der Waals surface area contributed by atoms with E-state index in [4.69, 9.17) is 14.2 Å². The van der Waals surface area contributed by atoms with Crippen LogP contribution < -0.4 is 4.74 Å². The zero-order valence-electron chi connectivity index (χ0n) is 15.5. The minimum atomic E-state index is -0.446. The van der Waals surface area contributed by atoms with Crippen LogP contribution in [0.1, 0.15) is 31.4 Å². The Morgan fingerprint density at radius 3 is 2.81 bits per heavy atom. The molecule has 0 amide bonds. The highest BCUT2D eigenvalue weighted by Crippen LogP contribution is 2.36. The molecule has 1 aromatic carbocycles. The van der Waals surface area contributed by atoms with Crippen molar-refractivity contribution in [2.24, 2.45) is 5.92 Å². The van der Waals surface area contributed by atoms with Crippen LogP contribution in [0.5, 0.6) is 5.75 Å². The lowest BCUT2D eigenvalue weighted by Gasteiger charge is -2.38. The maximum atomic E-state index is 12.3. The van der Waals surface area contributed by atoms with Gasteiger partial charge >= 0.3 is 11.9 Å². The van der Waals surface area contributed by atoms with E-state index in [0.29, 0.717) is 19.6 Å². The number of methoxy groups -OCH3 is 1. The SMILES string of the molecule is CCOC(=O)[C@@H]1CN(CC2=Cc3ccc(OC)cc32)CC[C@H]1OC(C)=O. The Bertz CT molecular complexity index is 727. The fraction of sp³-hybridized carbons (Fsp3) is 0.500. The first-order valence-corrected chi connectivity index (χ1v) is 8.97. The molecule has 1 aliphatic carbocycles. The summed E-state index contributed by atoms with van der Waals surface area (Å²) in [5.74, 6) is -0.265. The summed E-state index contributed by atoms with van der Waals surface area (Å²) in [6, 6.07) is 6.04. The van der Waals surface area contributed by atoms with Gasteiger partial charge in [-0.3, -0.25) is 14.5 Å². The zero-order valence-corrected chi connectivity index (χ0v) is 15.5. The van der Waals surface area contributed by atoms with Crippen LogP contribution in [0.4, 0.5) is 0 Å². The number of hydrogen-bond acceptors (Lipinski definition) is 6. The van der Waals surface area contributed by atoms with Crippen molar-refractivity contribution in [2.75, 3.05) is 33.4 Å². The summed E-state index contributed by atoms with van der Waals surface area (Å²) in [5, 5.41) is 0. The fourth-order valence-electron chi connectivity index (χ4n) is 3.60. The minimum absolute atomic E-state index is 0.298. The quantitative estimate of drug-likeness (QED) is 0.727. The third-order valence-corrected chi connectivity index (χ3v) is 4.87. The predicted molar refractivity (Wildman–Crippen MR) is 97.6 cm³/mol. The van der Waals surface area contributed by atoms with Gasteiger partial charge in [-0.2, -0.15) is 0 Å². The Balaban J connectivity index is 1.66. The maximum absolute atomic E-state index is 12.3. The number of esters is 2. The van der Waals surface area contributed by atoms with Crippen LogP contribution in [-0.2, 0) is 19.1 Å². The number of benzene rings is 1. The summed E-state index contributed by atoms with van der Waals surface area (Å²) in [6.07, 6.45) is 2.37. The molecule has 1 aromatic rings. The van der Waals surface area contributed by atoms with Crippen molar-refractivity contribution in [1.29, 1.82) is 0 Å². The Labute approximate surface area is 153 Å². The molecule has 1 aliphatic heterocycles. The molecule has 0 aromatic heterocycles. The first kappa shape index (κ1) is 18.5. The van der Waals surface area contributed by atoms with Gasteiger partial charge in [-0.05, 0) is 48.3 Å². The topological polar surface area (TPSA) is 65.1 Å². The number of hydrogen-bond donors (Lipinski definition) is 0. The Morgan fingerprint density at radius 2 is 2.12 bits per heavy atom. The van der Waals surface area contributed by atoms with Gasteiger partial charge in [0, 0.05) is 26.6 Å². The average Bonchev–Trinajstić information content (AvgIpc) is 2.60. The van der Waals surface area contributed by atoms with E-state index < -0.39 is 12.0 Å². The number of carbonyl (C=O) groups excluding carboxylic acids is 2. The van der Waals surface area contributed by atoms with Gasteiger partial charge in [-0.1, -0.05) is 6.07 Å². The van der Waals surface area contributed by atoms with Crippen LogP contribution >= 0.6 is 0 Å². The largest absolute Gasteiger partial charge is 0.497 e. The number of ether oxygens (including phenoxy) is 3. The molecular formula is C20H25NO5. The van der Waals surface area contributed by atoms with E-state index >= 15 is 0 Å². The first-order valence-electron chi connectivity index (χ1n) is 8.97. The highest BCUT2D eigenvalue weighted by atomic mass is 16.6. The smallest absolute Gasteiger partial charge is 0.314 e. The second-order valence-corrected chi connectivity index (χ2v) is 6.65. The average molecular weight is 359 g/mol. The number of carbonyl (C=O) groups is 2. The van der Waals surface area contributed by atoms with Gasteiger partial charge in [0.2, 0.25) is 0 Å². The Kier molecular flexibility index (Phi) is 5.61. The molecule has 3 rings (SSSR count). The lowest BCUT2D eigenvalue weighted by molar-refractivity contribution is -0.164. The molecule has 0 spiro atoms. The van der Waals surface area contributed by atoms with E-state index in [2.05, 4.69) is 11.0 Å².